The second kappa shape index (κ2) is 5.98. The summed E-state index contributed by atoms with van der Waals surface area (Å²) in [6.45, 7) is 0.613. The lowest BCUT2D eigenvalue weighted by Gasteiger charge is -2.17. The van der Waals surface area contributed by atoms with Gasteiger partial charge in [0.05, 0.1) is 12.1 Å². The molecule has 0 saturated carbocycles. The first-order chi connectivity index (χ1) is 8.72. The molecule has 0 saturated heterocycles. The summed E-state index contributed by atoms with van der Waals surface area (Å²) in [6, 6.07) is 7.60. The molecule has 18 heavy (non-hydrogen) atoms. The van der Waals surface area contributed by atoms with Crippen LogP contribution in [0.5, 0.6) is 0 Å². The number of carbonyl (C=O) groups excluding carboxylic acids is 1. The lowest BCUT2D eigenvalue weighted by molar-refractivity contribution is -0.122. The molecule has 1 amide bonds. The average molecular weight is 248 g/mol. The molecule has 0 heterocycles. The van der Waals surface area contributed by atoms with Crippen molar-refractivity contribution >= 4 is 5.91 Å². The van der Waals surface area contributed by atoms with Crippen LogP contribution in [0.2, 0.25) is 0 Å². The van der Waals surface area contributed by atoms with Crippen molar-refractivity contribution in [2.75, 3.05) is 6.54 Å². The van der Waals surface area contributed by atoms with Gasteiger partial charge in [0.15, 0.2) is 0 Å². The van der Waals surface area contributed by atoms with Crippen molar-refractivity contribution in [3.8, 4) is 0 Å². The van der Waals surface area contributed by atoms with Crippen molar-refractivity contribution in [2.45, 2.75) is 37.8 Å². The van der Waals surface area contributed by atoms with Gasteiger partial charge in [-0.15, -0.1) is 0 Å². The average Bonchev–Trinajstić information content (AvgIpc) is 2.67. The first kappa shape index (κ1) is 13.1. The lowest BCUT2D eigenvalue weighted by atomic mass is 10.1. The second-order valence-electron chi connectivity index (χ2n) is 4.76. The summed E-state index contributed by atoms with van der Waals surface area (Å²) < 4.78 is 0. The fourth-order valence-corrected chi connectivity index (χ4v) is 2.42. The summed E-state index contributed by atoms with van der Waals surface area (Å²) in [6.07, 6.45) is 2.23. The predicted octanol–water partition coefficient (Wildman–Crippen LogP) is 0.890. The zero-order chi connectivity index (χ0) is 13.0. The zero-order valence-electron chi connectivity index (χ0n) is 10.4. The van der Waals surface area contributed by atoms with Gasteiger partial charge in [-0.2, -0.15) is 0 Å². The van der Waals surface area contributed by atoms with Crippen LogP contribution in [0, 0.1) is 0 Å². The van der Waals surface area contributed by atoms with E-state index >= 15 is 0 Å². The minimum Gasteiger partial charge on any atom is -0.390 e. The van der Waals surface area contributed by atoms with Crippen LogP contribution in [0.3, 0.4) is 0 Å². The SMILES string of the molecule is NCCCCC(=O)NC1c2ccccc2CC1O. The maximum Gasteiger partial charge on any atom is 0.220 e. The van der Waals surface area contributed by atoms with Crippen LogP contribution in [0.4, 0.5) is 0 Å². The largest absolute Gasteiger partial charge is 0.390 e. The maximum atomic E-state index is 11.8. The molecule has 4 nitrogen and oxygen atoms in total. The third-order valence-electron chi connectivity index (χ3n) is 3.38. The summed E-state index contributed by atoms with van der Waals surface area (Å²) in [5, 5.41) is 12.9. The highest BCUT2D eigenvalue weighted by atomic mass is 16.3. The van der Waals surface area contributed by atoms with Gasteiger partial charge in [0.1, 0.15) is 0 Å². The highest BCUT2D eigenvalue weighted by Gasteiger charge is 2.31. The number of hydrogen-bond acceptors (Lipinski definition) is 3. The smallest absolute Gasteiger partial charge is 0.220 e. The van der Waals surface area contributed by atoms with Gasteiger partial charge in [-0.25, -0.2) is 0 Å². The number of hydrogen-bond donors (Lipinski definition) is 3. The highest BCUT2D eigenvalue weighted by Crippen LogP contribution is 2.31. The van der Waals surface area contributed by atoms with Crippen LogP contribution in [-0.2, 0) is 11.2 Å². The van der Waals surface area contributed by atoms with E-state index in [0.29, 0.717) is 19.4 Å². The van der Waals surface area contributed by atoms with E-state index in [2.05, 4.69) is 5.32 Å². The van der Waals surface area contributed by atoms with E-state index in [0.717, 1.165) is 24.0 Å². The molecular formula is C14H20N2O2. The van der Waals surface area contributed by atoms with Gasteiger partial charge in [-0.1, -0.05) is 24.3 Å². The molecule has 2 rings (SSSR count). The number of aliphatic hydroxyl groups excluding tert-OH is 1. The molecule has 1 aliphatic rings. The Morgan fingerprint density at radius 1 is 1.39 bits per heavy atom. The molecule has 1 aromatic carbocycles. The highest BCUT2D eigenvalue weighted by molar-refractivity contribution is 5.76. The van der Waals surface area contributed by atoms with E-state index in [1.807, 2.05) is 24.3 Å². The predicted molar refractivity (Wildman–Crippen MR) is 69.9 cm³/mol. The molecule has 0 aliphatic heterocycles. The van der Waals surface area contributed by atoms with E-state index in [1.54, 1.807) is 0 Å². The Bertz CT molecular complexity index is 420. The molecule has 4 N–H and O–H groups in total. The Morgan fingerprint density at radius 2 is 2.17 bits per heavy atom. The fourth-order valence-electron chi connectivity index (χ4n) is 2.42. The van der Waals surface area contributed by atoms with Crippen molar-refractivity contribution in [3.05, 3.63) is 35.4 Å². The van der Waals surface area contributed by atoms with Crippen molar-refractivity contribution in [3.63, 3.8) is 0 Å². The first-order valence-corrected chi connectivity index (χ1v) is 6.47. The molecule has 0 fully saturated rings. The number of nitrogens with one attached hydrogen (secondary N) is 1. The molecule has 4 heteroatoms. The molecule has 98 valence electrons. The monoisotopic (exact) mass is 248 g/mol. The molecule has 0 aromatic heterocycles. The Kier molecular flexibility index (Phi) is 4.33. The van der Waals surface area contributed by atoms with Gasteiger partial charge < -0.3 is 16.2 Å². The standard InChI is InChI=1S/C14H20N2O2/c15-8-4-3-7-13(18)16-14-11-6-2-1-5-10(11)9-12(14)17/h1-2,5-6,12,14,17H,3-4,7-9,15H2,(H,16,18). The normalized spacial score (nSPS) is 21.7. The lowest BCUT2D eigenvalue weighted by Crippen LogP contribution is -2.33. The van der Waals surface area contributed by atoms with E-state index < -0.39 is 6.10 Å². The van der Waals surface area contributed by atoms with Gasteiger partial charge in [0, 0.05) is 12.8 Å². The van der Waals surface area contributed by atoms with Crippen LogP contribution in [-0.4, -0.2) is 23.7 Å². The summed E-state index contributed by atoms with van der Waals surface area (Å²) in [7, 11) is 0. The topological polar surface area (TPSA) is 75.4 Å². The van der Waals surface area contributed by atoms with Crippen LogP contribution >= 0.6 is 0 Å². The first-order valence-electron chi connectivity index (χ1n) is 6.47. The number of aliphatic hydroxyl groups is 1. The van der Waals surface area contributed by atoms with Gasteiger partial charge in [-0.05, 0) is 30.5 Å². The Morgan fingerprint density at radius 3 is 2.94 bits per heavy atom. The van der Waals surface area contributed by atoms with Crippen LogP contribution in [0.1, 0.15) is 36.4 Å². The van der Waals surface area contributed by atoms with Gasteiger partial charge in [-0.3, -0.25) is 4.79 Å². The Labute approximate surface area is 107 Å². The Hall–Kier alpha value is -1.39. The number of unbranched alkanes of at least 4 members (excludes halogenated alkanes) is 1. The van der Waals surface area contributed by atoms with Gasteiger partial charge in [0.2, 0.25) is 5.91 Å². The minimum absolute atomic E-state index is 0.01000. The molecule has 2 unspecified atom stereocenters. The van der Waals surface area contributed by atoms with Crippen molar-refractivity contribution < 1.29 is 9.90 Å². The van der Waals surface area contributed by atoms with E-state index in [9.17, 15) is 9.90 Å². The van der Waals surface area contributed by atoms with Crippen molar-refractivity contribution in [1.82, 2.24) is 5.32 Å². The third-order valence-corrected chi connectivity index (χ3v) is 3.38. The molecule has 1 aliphatic carbocycles. The summed E-state index contributed by atoms with van der Waals surface area (Å²) in [5.74, 6) is -0.01000. The Balaban J connectivity index is 1.95. The van der Waals surface area contributed by atoms with Crippen LogP contribution < -0.4 is 11.1 Å². The molecule has 2 atom stereocenters. The zero-order valence-corrected chi connectivity index (χ0v) is 10.4. The summed E-state index contributed by atoms with van der Waals surface area (Å²) in [4.78, 5) is 11.8. The number of carbonyl (C=O) groups is 1. The molecule has 0 bridgehead atoms. The van der Waals surface area contributed by atoms with E-state index in [-0.39, 0.29) is 11.9 Å². The van der Waals surface area contributed by atoms with Crippen LogP contribution in [0.25, 0.3) is 0 Å². The number of benzene rings is 1. The fraction of sp³-hybridized carbons (Fsp3) is 0.500. The quantitative estimate of drug-likeness (QED) is 0.677. The molecule has 0 spiro atoms. The second-order valence-corrected chi connectivity index (χ2v) is 4.76. The van der Waals surface area contributed by atoms with Crippen molar-refractivity contribution in [1.29, 1.82) is 0 Å². The van der Waals surface area contributed by atoms with Gasteiger partial charge in [0.25, 0.3) is 0 Å². The number of amides is 1. The maximum absolute atomic E-state index is 11.8. The van der Waals surface area contributed by atoms with Gasteiger partial charge >= 0.3 is 0 Å². The van der Waals surface area contributed by atoms with Crippen molar-refractivity contribution in [2.24, 2.45) is 5.73 Å². The van der Waals surface area contributed by atoms with Crippen LogP contribution in [0.15, 0.2) is 24.3 Å². The number of nitrogens with two attached hydrogens (primary N) is 1. The summed E-state index contributed by atoms with van der Waals surface area (Å²) in [5.41, 5.74) is 7.55. The molecular weight excluding hydrogens is 228 g/mol. The molecule has 1 aromatic rings. The molecule has 0 radical (unpaired) electrons. The number of rotatable bonds is 5. The summed E-state index contributed by atoms with van der Waals surface area (Å²) >= 11 is 0. The minimum atomic E-state index is -0.513. The van der Waals surface area contributed by atoms with E-state index in [1.165, 1.54) is 0 Å². The number of fused-ring (bicyclic) bond motifs is 1. The van der Waals surface area contributed by atoms with E-state index in [4.69, 9.17) is 5.73 Å². The third kappa shape index (κ3) is 2.89.